The van der Waals surface area contributed by atoms with E-state index in [0.717, 1.165) is 12.8 Å². The molecule has 1 aliphatic rings. The van der Waals surface area contributed by atoms with Crippen LogP contribution in [0.1, 0.15) is 51.9 Å². The molecule has 0 aromatic heterocycles. The number of ether oxygens (including phenoxy) is 1. The number of rotatable bonds is 5. The van der Waals surface area contributed by atoms with Crippen molar-refractivity contribution in [2.45, 2.75) is 64.1 Å². The van der Waals surface area contributed by atoms with Crippen LogP contribution in [0.5, 0.6) is 0 Å². The smallest absolute Gasteiger partial charge is 0.0809 e. The van der Waals surface area contributed by atoms with Gasteiger partial charge in [-0.2, -0.15) is 0 Å². The summed E-state index contributed by atoms with van der Waals surface area (Å²) in [6.45, 7) is 2.32. The second-order valence-electron chi connectivity index (χ2n) is 3.99. The van der Waals surface area contributed by atoms with Gasteiger partial charge in [0.25, 0.3) is 0 Å². The molecule has 1 saturated carbocycles. The van der Waals surface area contributed by atoms with Gasteiger partial charge in [-0.05, 0) is 19.3 Å². The van der Waals surface area contributed by atoms with Crippen molar-refractivity contribution in [1.82, 2.24) is 0 Å². The van der Waals surface area contributed by atoms with Gasteiger partial charge in [-0.25, -0.2) is 0 Å². The van der Waals surface area contributed by atoms with Gasteiger partial charge in [0.15, 0.2) is 0 Å². The van der Waals surface area contributed by atoms with Crippen LogP contribution in [0.2, 0.25) is 0 Å². The molecule has 1 rings (SSSR count). The number of hydrogen-bond acceptors (Lipinski definition) is 2. The van der Waals surface area contributed by atoms with Gasteiger partial charge in [-0.3, -0.25) is 0 Å². The average molecular weight is 186 g/mol. The van der Waals surface area contributed by atoms with Crippen LogP contribution in [0.15, 0.2) is 0 Å². The van der Waals surface area contributed by atoms with Crippen molar-refractivity contribution in [1.29, 1.82) is 0 Å². The van der Waals surface area contributed by atoms with E-state index in [1.807, 2.05) is 0 Å². The van der Waals surface area contributed by atoms with E-state index in [-0.39, 0.29) is 12.7 Å². The summed E-state index contributed by atoms with van der Waals surface area (Å²) in [5.74, 6) is 0. The van der Waals surface area contributed by atoms with Crippen LogP contribution in [0.4, 0.5) is 0 Å². The Kier molecular flexibility index (Phi) is 5.40. The van der Waals surface area contributed by atoms with Crippen LogP contribution in [0, 0.1) is 0 Å². The fraction of sp³-hybridized carbons (Fsp3) is 1.00. The minimum absolute atomic E-state index is 0.0908. The summed E-state index contributed by atoms with van der Waals surface area (Å²) in [6, 6.07) is 0. The summed E-state index contributed by atoms with van der Waals surface area (Å²) in [4.78, 5) is 0. The number of hydrogen-bond donors (Lipinski definition) is 1. The fourth-order valence-electron chi connectivity index (χ4n) is 2.00. The first-order valence-electron chi connectivity index (χ1n) is 5.63. The Labute approximate surface area is 81.3 Å². The number of aliphatic hydroxyl groups is 1. The molecule has 0 heterocycles. The predicted molar refractivity (Wildman–Crippen MR) is 53.7 cm³/mol. The Bertz CT molecular complexity index is 117. The molecule has 1 unspecified atom stereocenters. The van der Waals surface area contributed by atoms with E-state index in [1.165, 1.54) is 32.1 Å². The molecule has 0 aromatic carbocycles. The maximum absolute atomic E-state index is 9.06. The molecule has 2 nitrogen and oxygen atoms in total. The highest BCUT2D eigenvalue weighted by Gasteiger charge is 2.17. The minimum Gasteiger partial charge on any atom is -0.394 e. The molecule has 0 radical (unpaired) electrons. The Morgan fingerprint density at radius 2 is 2.00 bits per heavy atom. The lowest BCUT2D eigenvalue weighted by Crippen LogP contribution is -2.26. The second kappa shape index (κ2) is 6.39. The lowest BCUT2D eigenvalue weighted by Gasteiger charge is -2.26. The lowest BCUT2D eigenvalue weighted by molar-refractivity contribution is -0.0564. The SMILES string of the molecule is CCCC(CO)OC1CCCCC1. The van der Waals surface area contributed by atoms with Gasteiger partial charge in [0, 0.05) is 0 Å². The molecular weight excluding hydrogens is 164 g/mol. The van der Waals surface area contributed by atoms with E-state index < -0.39 is 0 Å². The molecular formula is C11H22O2. The molecule has 1 fully saturated rings. The summed E-state index contributed by atoms with van der Waals surface area (Å²) in [7, 11) is 0. The van der Waals surface area contributed by atoms with Crippen LogP contribution < -0.4 is 0 Å². The average Bonchev–Trinajstić information content (AvgIpc) is 2.19. The summed E-state index contributed by atoms with van der Waals surface area (Å²) < 4.78 is 5.83. The molecule has 2 heteroatoms. The van der Waals surface area contributed by atoms with E-state index >= 15 is 0 Å². The second-order valence-corrected chi connectivity index (χ2v) is 3.99. The number of aliphatic hydroxyl groups excluding tert-OH is 1. The zero-order valence-electron chi connectivity index (χ0n) is 8.67. The summed E-state index contributed by atoms with van der Waals surface area (Å²) in [5, 5.41) is 9.06. The summed E-state index contributed by atoms with van der Waals surface area (Å²) in [6.07, 6.45) is 8.96. The first kappa shape index (κ1) is 11.0. The van der Waals surface area contributed by atoms with E-state index in [9.17, 15) is 0 Å². The van der Waals surface area contributed by atoms with Gasteiger partial charge < -0.3 is 9.84 Å². The Morgan fingerprint density at radius 1 is 1.31 bits per heavy atom. The molecule has 0 bridgehead atoms. The molecule has 0 amide bonds. The van der Waals surface area contributed by atoms with Crippen LogP contribution in [0.25, 0.3) is 0 Å². The quantitative estimate of drug-likeness (QED) is 0.715. The topological polar surface area (TPSA) is 29.5 Å². The molecule has 13 heavy (non-hydrogen) atoms. The summed E-state index contributed by atoms with van der Waals surface area (Å²) >= 11 is 0. The van der Waals surface area contributed by atoms with Crippen molar-refractivity contribution in [3.63, 3.8) is 0 Å². The molecule has 78 valence electrons. The van der Waals surface area contributed by atoms with E-state index in [0.29, 0.717) is 6.10 Å². The zero-order valence-corrected chi connectivity index (χ0v) is 8.67. The molecule has 1 N–H and O–H groups in total. The van der Waals surface area contributed by atoms with E-state index in [4.69, 9.17) is 9.84 Å². The largest absolute Gasteiger partial charge is 0.394 e. The standard InChI is InChI=1S/C11H22O2/c1-2-6-11(9-12)13-10-7-4-3-5-8-10/h10-12H,2-9H2,1H3. The van der Waals surface area contributed by atoms with Crippen molar-refractivity contribution in [3.8, 4) is 0 Å². The van der Waals surface area contributed by atoms with Gasteiger partial charge in [-0.1, -0.05) is 32.6 Å². The molecule has 0 saturated heterocycles. The van der Waals surface area contributed by atoms with Crippen molar-refractivity contribution >= 4 is 0 Å². The normalized spacial score (nSPS) is 21.7. The molecule has 0 spiro atoms. The maximum atomic E-state index is 9.06. The third kappa shape index (κ3) is 4.10. The Morgan fingerprint density at radius 3 is 2.54 bits per heavy atom. The highest BCUT2D eigenvalue weighted by atomic mass is 16.5. The first-order valence-corrected chi connectivity index (χ1v) is 5.63. The third-order valence-electron chi connectivity index (χ3n) is 2.75. The van der Waals surface area contributed by atoms with Crippen LogP contribution in [0.3, 0.4) is 0 Å². The first-order chi connectivity index (χ1) is 6.36. The molecule has 1 aliphatic carbocycles. The van der Waals surface area contributed by atoms with E-state index in [1.54, 1.807) is 0 Å². The van der Waals surface area contributed by atoms with Gasteiger partial charge in [0.05, 0.1) is 18.8 Å². The van der Waals surface area contributed by atoms with Crippen molar-refractivity contribution < 1.29 is 9.84 Å². The van der Waals surface area contributed by atoms with E-state index in [2.05, 4.69) is 6.92 Å². The van der Waals surface area contributed by atoms with Gasteiger partial charge in [-0.15, -0.1) is 0 Å². The molecule has 1 atom stereocenters. The third-order valence-corrected chi connectivity index (χ3v) is 2.75. The van der Waals surface area contributed by atoms with Crippen LogP contribution >= 0.6 is 0 Å². The minimum atomic E-state index is 0.0908. The van der Waals surface area contributed by atoms with Gasteiger partial charge >= 0.3 is 0 Å². The lowest BCUT2D eigenvalue weighted by atomic mass is 9.97. The van der Waals surface area contributed by atoms with Crippen LogP contribution in [-0.4, -0.2) is 23.9 Å². The van der Waals surface area contributed by atoms with Crippen molar-refractivity contribution in [2.24, 2.45) is 0 Å². The Hall–Kier alpha value is -0.0800. The fourth-order valence-corrected chi connectivity index (χ4v) is 2.00. The molecule has 0 aliphatic heterocycles. The predicted octanol–water partition coefficient (Wildman–Crippen LogP) is 2.50. The van der Waals surface area contributed by atoms with Crippen molar-refractivity contribution in [2.75, 3.05) is 6.61 Å². The highest BCUT2D eigenvalue weighted by Crippen LogP contribution is 2.22. The Balaban J connectivity index is 2.18. The zero-order chi connectivity index (χ0) is 9.52. The maximum Gasteiger partial charge on any atom is 0.0809 e. The monoisotopic (exact) mass is 186 g/mol. The highest BCUT2D eigenvalue weighted by molar-refractivity contribution is 4.68. The van der Waals surface area contributed by atoms with Crippen LogP contribution in [-0.2, 0) is 4.74 Å². The van der Waals surface area contributed by atoms with Gasteiger partial charge in [0.2, 0.25) is 0 Å². The summed E-state index contributed by atoms with van der Waals surface area (Å²) in [5.41, 5.74) is 0. The van der Waals surface area contributed by atoms with Gasteiger partial charge in [0.1, 0.15) is 0 Å². The van der Waals surface area contributed by atoms with Crippen molar-refractivity contribution in [3.05, 3.63) is 0 Å². The molecule has 0 aromatic rings.